The Kier molecular flexibility index (Phi) is 3.98. The van der Waals surface area contributed by atoms with E-state index < -0.39 is 0 Å². The Morgan fingerprint density at radius 1 is 0.900 bits per heavy atom. The molecule has 2 rings (SSSR count). The number of hydrogen-bond acceptors (Lipinski definition) is 4. The molecule has 1 aromatic heterocycles. The van der Waals surface area contributed by atoms with Crippen molar-refractivity contribution in [1.29, 1.82) is 0 Å². The largest absolute Gasteiger partial charge is 0.618 e. The van der Waals surface area contributed by atoms with Gasteiger partial charge in [0.25, 0.3) is 0 Å². The molecule has 0 aliphatic rings. The van der Waals surface area contributed by atoms with Crippen LogP contribution in [0, 0.1) is 19.1 Å². The summed E-state index contributed by atoms with van der Waals surface area (Å²) in [5.41, 5.74) is 3.81. The van der Waals surface area contributed by atoms with Gasteiger partial charge in [0.1, 0.15) is 0 Å². The van der Waals surface area contributed by atoms with Gasteiger partial charge in [0.05, 0.1) is 11.4 Å². The van der Waals surface area contributed by atoms with Crippen LogP contribution < -0.4 is 9.63 Å². The SMILES string of the molecule is Cc1cc(N=Nc2ccc(N(C)C)cc2)cc(C)[n+]1[O-]. The summed E-state index contributed by atoms with van der Waals surface area (Å²) in [4.78, 5) is 2.03. The lowest BCUT2D eigenvalue weighted by molar-refractivity contribution is -0.619. The smallest absolute Gasteiger partial charge is 0.192 e. The van der Waals surface area contributed by atoms with Gasteiger partial charge < -0.3 is 10.1 Å². The van der Waals surface area contributed by atoms with E-state index in [4.69, 9.17) is 0 Å². The fourth-order valence-corrected chi connectivity index (χ4v) is 1.86. The first-order valence-corrected chi connectivity index (χ1v) is 6.37. The predicted octanol–water partition coefficient (Wildman–Crippen LogP) is 3.42. The molecule has 0 unspecified atom stereocenters. The molecule has 104 valence electrons. The minimum absolute atomic E-state index is 0.613. The number of aromatic nitrogens is 1. The number of aryl methyl sites for hydroxylation is 2. The Bertz CT molecular complexity index is 610. The van der Waals surface area contributed by atoms with Crippen molar-refractivity contribution in [3.63, 3.8) is 0 Å². The van der Waals surface area contributed by atoms with E-state index in [1.165, 1.54) is 0 Å². The normalized spacial score (nSPS) is 11.0. The quantitative estimate of drug-likeness (QED) is 0.487. The highest BCUT2D eigenvalue weighted by Gasteiger charge is 2.05. The topological polar surface area (TPSA) is 54.9 Å². The highest BCUT2D eigenvalue weighted by molar-refractivity contribution is 5.51. The van der Waals surface area contributed by atoms with Gasteiger partial charge in [0.2, 0.25) is 0 Å². The molecule has 0 aliphatic carbocycles. The summed E-state index contributed by atoms with van der Waals surface area (Å²) in [7, 11) is 3.98. The van der Waals surface area contributed by atoms with Crippen LogP contribution in [-0.2, 0) is 0 Å². The number of hydrogen-bond donors (Lipinski definition) is 0. The molecule has 20 heavy (non-hydrogen) atoms. The van der Waals surface area contributed by atoms with Crippen molar-refractivity contribution >= 4 is 17.1 Å². The lowest BCUT2D eigenvalue weighted by atomic mass is 10.3. The molecule has 1 heterocycles. The van der Waals surface area contributed by atoms with E-state index in [1.54, 1.807) is 26.0 Å². The predicted molar refractivity (Wildman–Crippen MR) is 79.8 cm³/mol. The Labute approximate surface area is 118 Å². The van der Waals surface area contributed by atoms with E-state index in [0.717, 1.165) is 16.1 Å². The minimum Gasteiger partial charge on any atom is -0.618 e. The Hall–Kier alpha value is -2.43. The van der Waals surface area contributed by atoms with Crippen LogP contribution in [0.5, 0.6) is 0 Å². The molecule has 0 amide bonds. The Morgan fingerprint density at radius 3 is 1.90 bits per heavy atom. The second-order valence-corrected chi connectivity index (χ2v) is 4.90. The Morgan fingerprint density at radius 2 is 1.40 bits per heavy atom. The molecular weight excluding hydrogens is 252 g/mol. The molecule has 0 fully saturated rings. The first-order valence-electron chi connectivity index (χ1n) is 6.37. The second-order valence-electron chi connectivity index (χ2n) is 4.90. The van der Waals surface area contributed by atoms with Crippen molar-refractivity contribution in [2.24, 2.45) is 10.2 Å². The van der Waals surface area contributed by atoms with Crippen molar-refractivity contribution in [1.82, 2.24) is 0 Å². The van der Waals surface area contributed by atoms with Crippen LogP contribution in [0.25, 0.3) is 0 Å². The van der Waals surface area contributed by atoms with Crippen molar-refractivity contribution in [2.45, 2.75) is 13.8 Å². The zero-order valence-electron chi connectivity index (χ0n) is 12.2. The molecule has 0 aliphatic heterocycles. The molecule has 0 saturated heterocycles. The fourth-order valence-electron chi connectivity index (χ4n) is 1.86. The molecule has 0 N–H and O–H groups in total. The summed E-state index contributed by atoms with van der Waals surface area (Å²) in [6.07, 6.45) is 0. The number of azo groups is 1. The Balaban J connectivity index is 2.21. The third-order valence-electron chi connectivity index (χ3n) is 3.00. The van der Waals surface area contributed by atoms with Crippen LogP contribution in [0.3, 0.4) is 0 Å². The van der Waals surface area contributed by atoms with Gasteiger partial charge in [-0.1, -0.05) is 0 Å². The van der Waals surface area contributed by atoms with Gasteiger partial charge in [-0.15, -0.1) is 0 Å². The van der Waals surface area contributed by atoms with Crippen molar-refractivity contribution in [3.05, 3.63) is 53.0 Å². The molecule has 5 heteroatoms. The highest BCUT2D eigenvalue weighted by atomic mass is 16.5. The number of pyridine rings is 1. The summed E-state index contributed by atoms with van der Waals surface area (Å²) < 4.78 is 0.880. The summed E-state index contributed by atoms with van der Waals surface area (Å²) >= 11 is 0. The van der Waals surface area contributed by atoms with E-state index in [0.29, 0.717) is 17.1 Å². The maximum absolute atomic E-state index is 11.5. The van der Waals surface area contributed by atoms with Crippen LogP contribution in [0.15, 0.2) is 46.6 Å². The van der Waals surface area contributed by atoms with Crippen LogP contribution in [0.4, 0.5) is 17.1 Å². The first kappa shape index (κ1) is 14.0. The van der Waals surface area contributed by atoms with Gasteiger partial charge in [0.15, 0.2) is 11.4 Å². The molecule has 0 saturated carbocycles. The zero-order valence-corrected chi connectivity index (χ0v) is 12.2. The maximum atomic E-state index is 11.5. The minimum atomic E-state index is 0.613. The number of benzene rings is 1. The molecule has 5 nitrogen and oxygen atoms in total. The lowest BCUT2D eigenvalue weighted by Crippen LogP contribution is -2.33. The molecule has 0 spiro atoms. The molecule has 0 radical (unpaired) electrons. The van der Waals surface area contributed by atoms with E-state index in [1.807, 2.05) is 43.3 Å². The van der Waals surface area contributed by atoms with Gasteiger partial charge in [0, 0.05) is 45.8 Å². The van der Waals surface area contributed by atoms with Crippen molar-refractivity contribution in [2.75, 3.05) is 19.0 Å². The number of anilines is 1. The van der Waals surface area contributed by atoms with Crippen LogP contribution >= 0.6 is 0 Å². The van der Waals surface area contributed by atoms with Crippen LogP contribution in [0.1, 0.15) is 11.4 Å². The van der Waals surface area contributed by atoms with Gasteiger partial charge in [-0.05, 0) is 24.3 Å². The van der Waals surface area contributed by atoms with Gasteiger partial charge >= 0.3 is 0 Å². The third kappa shape index (κ3) is 3.12. The summed E-state index contributed by atoms with van der Waals surface area (Å²) in [5, 5.41) is 19.9. The highest BCUT2D eigenvalue weighted by Crippen LogP contribution is 2.21. The second kappa shape index (κ2) is 5.69. The van der Waals surface area contributed by atoms with Crippen molar-refractivity contribution in [3.8, 4) is 0 Å². The molecular formula is C15H18N4O. The fraction of sp³-hybridized carbons (Fsp3) is 0.267. The lowest BCUT2D eigenvalue weighted by Gasteiger charge is -2.11. The summed E-state index contributed by atoms with van der Waals surface area (Å²) in [6.45, 7) is 3.51. The average molecular weight is 270 g/mol. The molecule has 2 aromatic rings. The van der Waals surface area contributed by atoms with Gasteiger partial charge in [-0.25, -0.2) is 0 Å². The van der Waals surface area contributed by atoms with Crippen LogP contribution in [-0.4, -0.2) is 14.1 Å². The third-order valence-corrected chi connectivity index (χ3v) is 3.00. The molecule has 0 bridgehead atoms. The van der Waals surface area contributed by atoms with E-state index in [9.17, 15) is 5.21 Å². The average Bonchev–Trinajstić information content (AvgIpc) is 2.42. The van der Waals surface area contributed by atoms with E-state index >= 15 is 0 Å². The summed E-state index contributed by atoms with van der Waals surface area (Å²) in [5.74, 6) is 0. The first-order chi connectivity index (χ1) is 9.47. The monoisotopic (exact) mass is 270 g/mol. The number of nitrogens with zero attached hydrogens (tertiary/aromatic N) is 4. The van der Waals surface area contributed by atoms with E-state index in [-0.39, 0.29) is 0 Å². The maximum Gasteiger partial charge on any atom is 0.192 e. The van der Waals surface area contributed by atoms with E-state index in [2.05, 4.69) is 10.2 Å². The standard InChI is InChI=1S/C15H18N4O/c1-11-9-14(10-12(2)19(11)20)17-16-13-5-7-15(8-6-13)18(3)4/h5-10H,1-4H3. The molecule has 1 aromatic carbocycles. The number of rotatable bonds is 3. The summed E-state index contributed by atoms with van der Waals surface area (Å²) in [6, 6.07) is 11.2. The van der Waals surface area contributed by atoms with Crippen LogP contribution in [0.2, 0.25) is 0 Å². The van der Waals surface area contributed by atoms with Gasteiger partial charge in [-0.3, -0.25) is 0 Å². The van der Waals surface area contributed by atoms with Gasteiger partial charge in [-0.2, -0.15) is 15.0 Å². The van der Waals surface area contributed by atoms with Crippen molar-refractivity contribution < 1.29 is 4.73 Å². The molecule has 0 atom stereocenters. The zero-order chi connectivity index (χ0) is 14.7.